The Kier molecular flexibility index (Phi) is 4.14. The first-order valence-corrected chi connectivity index (χ1v) is 7.15. The van der Waals surface area contributed by atoms with Gasteiger partial charge in [-0.25, -0.2) is 0 Å². The van der Waals surface area contributed by atoms with Crippen molar-refractivity contribution in [3.63, 3.8) is 0 Å². The maximum absolute atomic E-state index is 12.2. The second-order valence-corrected chi connectivity index (χ2v) is 4.89. The molecule has 0 radical (unpaired) electrons. The molecule has 1 aromatic carbocycles. The third-order valence-corrected chi connectivity index (χ3v) is 3.44. The lowest BCUT2D eigenvalue weighted by atomic mass is 10.2. The third kappa shape index (κ3) is 3.14. The van der Waals surface area contributed by atoms with Crippen molar-refractivity contribution < 1.29 is 18.7 Å². The van der Waals surface area contributed by atoms with Crippen molar-refractivity contribution in [3.8, 4) is 11.5 Å². The predicted octanol–water partition coefficient (Wildman–Crippen LogP) is 3.07. The van der Waals surface area contributed by atoms with E-state index in [1.54, 1.807) is 29.4 Å². The van der Waals surface area contributed by atoms with Gasteiger partial charge in [0.1, 0.15) is 5.76 Å². The lowest BCUT2D eigenvalue weighted by Crippen LogP contribution is -2.28. The Morgan fingerprint density at radius 3 is 2.91 bits per heavy atom. The molecule has 22 heavy (non-hydrogen) atoms. The highest BCUT2D eigenvalue weighted by molar-refractivity contribution is 5.91. The van der Waals surface area contributed by atoms with Crippen molar-refractivity contribution in [1.82, 2.24) is 4.90 Å². The Hall–Kier alpha value is -2.69. The van der Waals surface area contributed by atoms with Crippen LogP contribution in [-0.2, 0) is 11.3 Å². The van der Waals surface area contributed by atoms with Crippen molar-refractivity contribution in [2.75, 3.05) is 13.3 Å². The molecule has 2 aromatic rings. The van der Waals surface area contributed by atoms with E-state index in [1.165, 1.54) is 6.08 Å². The van der Waals surface area contributed by atoms with E-state index in [4.69, 9.17) is 13.9 Å². The standard InChI is InChI=1S/C17H17NO4/c1-2-18(17(19)8-6-14-4-3-9-20-14)11-13-5-7-15-16(10-13)22-12-21-15/h3-10H,2,11-12H2,1H3/b8-6+. The number of nitrogens with zero attached hydrogens (tertiary/aromatic N) is 1. The van der Waals surface area contributed by atoms with Crippen molar-refractivity contribution in [2.24, 2.45) is 0 Å². The van der Waals surface area contributed by atoms with Gasteiger partial charge in [0.25, 0.3) is 0 Å². The first-order chi connectivity index (χ1) is 10.8. The number of benzene rings is 1. The molecule has 0 saturated carbocycles. The first-order valence-electron chi connectivity index (χ1n) is 7.15. The molecule has 1 aliphatic rings. The fraction of sp³-hybridized carbons (Fsp3) is 0.235. The van der Waals surface area contributed by atoms with Crippen molar-refractivity contribution in [3.05, 3.63) is 54.0 Å². The van der Waals surface area contributed by atoms with E-state index < -0.39 is 0 Å². The number of carbonyl (C=O) groups is 1. The summed E-state index contributed by atoms with van der Waals surface area (Å²) in [6.07, 6.45) is 4.77. The van der Waals surface area contributed by atoms with Crippen LogP contribution >= 0.6 is 0 Å². The molecule has 1 amide bonds. The molecule has 0 atom stereocenters. The van der Waals surface area contributed by atoms with E-state index >= 15 is 0 Å². The highest BCUT2D eigenvalue weighted by Gasteiger charge is 2.15. The highest BCUT2D eigenvalue weighted by Crippen LogP contribution is 2.32. The molecule has 0 saturated heterocycles. The van der Waals surface area contributed by atoms with E-state index in [-0.39, 0.29) is 12.7 Å². The number of fused-ring (bicyclic) bond motifs is 1. The second kappa shape index (κ2) is 6.39. The van der Waals surface area contributed by atoms with Gasteiger partial charge in [-0.1, -0.05) is 6.07 Å². The van der Waals surface area contributed by atoms with Crippen LogP contribution in [0.4, 0.5) is 0 Å². The summed E-state index contributed by atoms with van der Waals surface area (Å²) in [5.74, 6) is 2.08. The van der Waals surface area contributed by atoms with Gasteiger partial charge in [-0.15, -0.1) is 0 Å². The lowest BCUT2D eigenvalue weighted by Gasteiger charge is -2.19. The van der Waals surface area contributed by atoms with Crippen molar-refractivity contribution in [1.29, 1.82) is 0 Å². The van der Waals surface area contributed by atoms with Crippen LogP contribution in [0.5, 0.6) is 11.5 Å². The quantitative estimate of drug-likeness (QED) is 0.796. The fourth-order valence-corrected chi connectivity index (χ4v) is 2.25. The Morgan fingerprint density at radius 1 is 1.27 bits per heavy atom. The molecule has 5 heteroatoms. The number of carbonyl (C=O) groups excluding carboxylic acids is 1. The minimum Gasteiger partial charge on any atom is -0.465 e. The Balaban J connectivity index is 1.67. The summed E-state index contributed by atoms with van der Waals surface area (Å²) >= 11 is 0. The molecule has 5 nitrogen and oxygen atoms in total. The van der Waals surface area contributed by atoms with Gasteiger partial charge in [0.2, 0.25) is 12.7 Å². The summed E-state index contributed by atoms with van der Waals surface area (Å²) in [7, 11) is 0. The minimum absolute atomic E-state index is 0.0587. The van der Waals surface area contributed by atoms with Crippen LogP contribution in [0.3, 0.4) is 0 Å². The smallest absolute Gasteiger partial charge is 0.246 e. The molecule has 114 valence electrons. The van der Waals surface area contributed by atoms with Crippen LogP contribution in [0.15, 0.2) is 47.1 Å². The van der Waals surface area contributed by atoms with Gasteiger partial charge >= 0.3 is 0 Å². The number of hydrogen-bond donors (Lipinski definition) is 0. The molecular weight excluding hydrogens is 282 g/mol. The Morgan fingerprint density at radius 2 is 2.14 bits per heavy atom. The second-order valence-electron chi connectivity index (χ2n) is 4.89. The Bertz CT molecular complexity index is 676. The molecule has 1 aromatic heterocycles. The van der Waals surface area contributed by atoms with Gasteiger partial charge in [-0.3, -0.25) is 4.79 Å². The van der Waals surface area contributed by atoms with Crippen LogP contribution in [0.25, 0.3) is 6.08 Å². The van der Waals surface area contributed by atoms with Crippen LogP contribution in [0, 0.1) is 0 Å². The topological polar surface area (TPSA) is 51.9 Å². The van der Waals surface area contributed by atoms with Crippen LogP contribution in [-0.4, -0.2) is 24.1 Å². The van der Waals surface area contributed by atoms with Gasteiger partial charge < -0.3 is 18.8 Å². The predicted molar refractivity (Wildman–Crippen MR) is 81.4 cm³/mol. The van der Waals surface area contributed by atoms with Gasteiger partial charge in [-0.2, -0.15) is 0 Å². The minimum atomic E-state index is -0.0587. The number of furan rings is 1. The summed E-state index contributed by atoms with van der Waals surface area (Å²) in [5.41, 5.74) is 1.01. The number of hydrogen-bond acceptors (Lipinski definition) is 4. The third-order valence-electron chi connectivity index (χ3n) is 3.44. The molecule has 0 fully saturated rings. The molecule has 0 N–H and O–H groups in total. The van der Waals surface area contributed by atoms with Gasteiger partial charge in [0.05, 0.1) is 6.26 Å². The molecule has 3 rings (SSSR count). The lowest BCUT2D eigenvalue weighted by molar-refractivity contribution is -0.126. The molecule has 0 spiro atoms. The number of likely N-dealkylation sites (N-methyl/N-ethyl adjacent to an activating group) is 1. The van der Waals surface area contributed by atoms with Crippen LogP contribution < -0.4 is 9.47 Å². The molecule has 0 unspecified atom stereocenters. The zero-order chi connectivity index (χ0) is 15.4. The van der Waals surface area contributed by atoms with E-state index in [0.717, 1.165) is 17.1 Å². The summed E-state index contributed by atoms with van der Waals surface area (Å²) in [6, 6.07) is 9.31. The summed E-state index contributed by atoms with van der Waals surface area (Å²) in [6.45, 7) is 3.34. The normalized spacial score (nSPS) is 12.8. The zero-order valence-corrected chi connectivity index (χ0v) is 12.3. The first kappa shape index (κ1) is 14.3. The Labute approximate surface area is 128 Å². The van der Waals surface area contributed by atoms with Crippen LogP contribution in [0.2, 0.25) is 0 Å². The molecule has 2 heterocycles. The number of amides is 1. The van der Waals surface area contributed by atoms with Gasteiger partial charge in [0, 0.05) is 19.2 Å². The maximum Gasteiger partial charge on any atom is 0.246 e. The van der Waals surface area contributed by atoms with Crippen molar-refractivity contribution in [2.45, 2.75) is 13.5 Å². The van der Waals surface area contributed by atoms with E-state index in [1.807, 2.05) is 25.1 Å². The van der Waals surface area contributed by atoms with Gasteiger partial charge in [0.15, 0.2) is 11.5 Å². The fourth-order valence-electron chi connectivity index (χ4n) is 2.25. The summed E-state index contributed by atoms with van der Waals surface area (Å²) < 4.78 is 15.8. The van der Waals surface area contributed by atoms with E-state index in [0.29, 0.717) is 18.8 Å². The average molecular weight is 299 g/mol. The number of rotatable bonds is 5. The monoisotopic (exact) mass is 299 g/mol. The highest BCUT2D eigenvalue weighted by atomic mass is 16.7. The average Bonchev–Trinajstić information content (AvgIpc) is 3.20. The summed E-state index contributed by atoms with van der Waals surface area (Å²) in [5, 5.41) is 0. The van der Waals surface area contributed by atoms with Crippen molar-refractivity contribution >= 4 is 12.0 Å². The largest absolute Gasteiger partial charge is 0.465 e. The number of ether oxygens (including phenoxy) is 2. The molecule has 0 bridgehead atoms. The molecule has 1 aliphatic heterocycles. The van der Waals surface area contributed by atoms with Crippen LogP contribution in [0.1, 0.15) is 18.2 Å². The summed E-state index contributed by atoms with van der Waals surface area (Å²) in [4.78, 5) is 14.0. The SMILES string of the molecule is CCN(Cc1ccc2c(c1)OCO2)C(=O)/C=C/c1ccco1. The zero-order valence-electron chi connectivity index (χ0n) is 12.3. The van der Waals surface area contributed by atoms with Gasteiger partial charge in [-0.05, 0) is 42.8 Å². The molecular formula is C17H17NO4. The maximum atomic E-state index is 12.2. The van der Waals surface area contributed by atoms with E-state index in [9.17, 15) is 4.79 Å². The molecule has 0 aliphatic carbocycles. The van der Waals surface area contributed by atoms with E-state index in [2.05, 4.69) is 0 Å².